The first-order chi connectivity index (χ1) is 6.73. The summed E-state index contributed by atoms with van der Waals surface area (Å²) >= 11 is 2.69. The molecule has 0 aliphatic carbocycles. The van der Waals surface area contributed by atoms with Gasteiger partial charge in [0, 0.05) is 0 Å². The minimum atomic E-state index is -4.95. The lowest BCUT2D eigenvalue weighted by Crippen LogP contribution is -2.34. The maximum Gasteiger partial charge on any atom is 0.434 e. The quantitative estimate of drug-likeness (QED) is 0.739. The van der Waals surface area contributed by atoms with Crippen LogP contribution in [0.15, 0.2) is 16.6 Å². The Morgan fingerprint density at radius 3 is 2.47 bits per heavy atom. The number of hydrogen-bond donors (Lipinski definition) is 1. The first kappa shape index (κ1) is 11.9. The van der Waals surface area contributed by atoms with E-state index in [1.54, 1.807) is 0 Å². The summed E-state index contributed by atoms with van der Waals surface area (Å²) in [5, 5.41) is 8.49. The highest BCUT2D eigenvalue weighted by molar-refractivity contribution is 9.10. The van der Waals surface area contributed by atoms with Crippen molar-refractivity contribution >= 4 is 33.5 Å². The van der Waals surface area contributed by atoms with Gasteiger partial charge < -0.3 is 5.11 Å². The standard InChI is InChI=1S/C7H3BrF3NO3/c8-3-1-2(6(14)15)4(7(9,10)11)12-5(3)13/h1,3H,(H,14,15). The van der Waals surface area contributed by atoms with Crippen molar-refractivity contribution in [3.8, 4) is 0 Å². The van der Waals surface area contributed by atoms with Gasteiger partial charge in [-0.1, -0.05) is 15.9 Å². The van der Waals surface area contributed by atoms with E-state index in [-0.39, 0.29) is 0 Å². The molecule has 0 saturated carbocycles. The zero-order valence-corrected chi connectivity index (χ0v) is 8.46. The molecule has 0 aromatic heterocycles. The van der Waals surface area contributed by atoms with E-state index in [9.17, 15) is 22.8 Å². The van der Waals surface area contributed by atoms with E-state index in [1.165, 1.54) is 0 Å². The number of halogens is 4. The molecule has 0 fully saturated rings. The molecule has 1 aliphatic rings. The lowest BCUT2D eigenvalue weighted by molar-refractivity contribution is -0.132. The Labute approximate surface area is 89.6 Å². The van der Waals surface area contributed by atoms with Crippen LogP contribution in [0, 0.1) is 0 Å². The molecule has 1 atom stereocenters. The molecule has 0 spiro atoms. The van der Waals surface area contributed by atoms with E-state index in [1.807, 2.05) is 0 Å². The molecule has 0 aromatic rings. The van der Waals surface area contributed by atoms with Gasteiger partial charge in [0.25, 0.3) is 5.91 Å². The van der Waals surface area contributed by atoms with Crippen molar-refractivity contribution in [2.75, 3.05) is 0 Å². The molecule has 0 bridgehead atoms. The van der Waals surface area contributed by atoms with Crippen LogP contribution >= 0.6 is 15.9 Å². The van der Waals surface area contributed by atoms with E-state index in [0.29, 0.717) is 6.08 Å². The van der Waals surface area contributed by atoms with Crippen molar-refractivity contribution in [2.24, 2.45) is 4.99 Å². The summed E-state index contributed by atoms with van der Waals surface area (Å²) in [5.74, 6) is -2.85. The minimum absolute atomic E-state index is 0.667. The SMILES string of the molecule is O=C(O)C1=CC(Br)C(=O)N=C1C(F)(F)F. The van der Waals surface area contributed by atoms with Gasteiger partial charge in [0.15, 0.2) is 5.71 Å². The van der Waals surface area contributed by atoms with Crippen molar-refractivity contribution in [2.45, 2.75) is 11.0 Å². The maximum absolute atomic E-state index is 12.2. The number of carboxylic acids is 1. The van der Waals surface area contributed by atoms with Crippen molar-refractivity contribution in [1.29, 1.82) is 0 Å². The minimum Gasteiger partial charge on any atom is -0.478 e. The molecule has 1 N–H and O–H groups in total. The second-order valence-corrected chi connectivity index (χ2v) is 3.57. The van der Waals surface area contributed by atoms with Gasteiger partial charge in [-0.3, -0.25) is 4.79 Å². The molecular formula is C7H3BrF3NO3. The van der Waals surface area contributed by atoms with Crippen LogP contribution in [0.5, 0.6) is 0 Å². The molecule has 0 radical (unpaired) electrons. The fourth-order valence-corrected chi connectivity index (χ4v) is 1.28. The smallest absolute Gasteiger partial charge is 0.434 e. The van der Waals surface area contributed by atoms with E-state index < -0.39 is 34.2 Å². The summed E-state index contributed by atoms with van der Waals surface area (Å²) in [6.07, 6.45) is -4.28. The average Bonchev–Trinajstić information content (AvgIpc) is 2.06. The van der Waals surface area contributed by atoms with Crippen LogP contribution in [0.2, 0.25) is 0 Å². The number of dihydropyridines is 1. The second kappa shape index (κ2) is 3.76. The molecule has 0 saturated heterocycles. The van der Waals surface area contributed by atoms with E-state index in [0.717, 1.165) is 0 Å². The number of carboxylic acid groups (broad SMARTS) is 1. The molecule has 1 rings (SSSR count). The fraction of sp³-hybridized carbons (Fsp3) is 0.286. The molecule has 0 aromatic carbocycles. The molecular weight excluding hydrogens is 283 g/mol. The largest absolute Gasteiger partial charge is 0.478 e. The summed E-state index contributed by atoms with van der Waals surface area (Å²) in [5.41, 5.74) is -2.69. The summed E-state index contributed by atoms with van der Waals surface area (Å²) < 4.78 is 36.7. The zero-order chi connectivity index (χ0) is 11.8. The number of carbonyl (C=O) groups excluding carboxylic acids is 1. The van der Waals surface area contributed by atoms with Crippen molar-refractivity contribution in [1.82, 2.24) is 0 Å². The Hall–Kier alpha value is -1.18. The average molecular weight is 286 g/mol. The summed E-state index contributed by atoms with van der Waals surface area (Å²) in [6.45, 7) is 0. The van der Waals surface area contributed by atoms with Gasteiger partial charge in [-0.2, -0.15) is 13.2 Å². The molecule has 15 heavy (non-hydrogen) atoms. The Morgan fingerprint density at radius 1 is 1.53 bits per heavy atom. The van der Waals surface area contributed by atoms with Crippen LogP contribution < -0.4 is 0 Å². The summed E-state index contributed by atoms with van der Waals surface area (Å²) in [7, 11) is 0. The van der Waals surface area contributed by atoms with Crippen molar-refractivity contribution in [3.63, 3.8) is 0 Å². The number of aliphatic carboxylic acids is 1. The third-order valence-electron chi connectivity index (χ3n) is 1.52. The Balaban J connectivity index is 3.24. The monoisotopic (exact) mass is 285 g/mol. The van der Waals surface area contributed by atoms with Gasteiger partial charge in [-0.25, -0.2) is 9.79 Å². The number of alkyl halides is 4. The Bertz CT molecular complexity index is 385. The zero-order valence-electron chi connectivity index (χ0n) is 6.88. The second-order valence-electron chi connectivity index (χ2n) is 2.58. The highest BCUT2D eigenvalue weighted by atomic mass is 79.9. The van der Waals surface area contributed by atoms with E-state index in [2.05, 4.69) is 20.9 Å². The predicted molar refractivity (Wildman–Crippen MR) is 46.9 cm³/mol. The van der Waals surface area contributed by atoms with Gasteiger partial charge in [0.05, 0.1) is 5.57 Å². The predicted octanol–water partition coefficient (Wildman–Crippen LogP) is 1.30. The highest BCUT2D eigenvalue weighted by Crippen LogP contribution is 2.27. The van der Waals surface area contributed by atoms with E-state index >= 15 is 0 Å². The number of rotatable bonds is 1. The van der Waals surface area contributed by atoms with Crippen molar-refractivity contribution < 1.29 is 27.9 Å². The van der Waals surface area contributed by atoms with Gasteiger partial charge in [-0.05, 0) is 6.08 Å². The Kier molecular flexibility index (Phi) is 2.98. The van der Waals surface area contributed by atoms with Gasteiger partial charge in [0.2, 0.25) is 0 Å². The maximum atomic E-state index is 12.2. The lowest BCUT2D eigenvalue weighted by atomic mass is 10.1. The van der Waals surface area contributed by atoms with E-state index in [4.69, 9.17) is 5.11 Å². The molecule has 1 unspecified atom stereocenters. The van der Waals surface area contributed by atoms with Crippen molar-refractivity contribution in [3.05, 3.63) is 11.6 Å². The molecule has 4 nitrogen and oxygen atoms in total. The number of amides is 1. The van der Waals surface area contributed by atoms with Gasteiger partial charge in [-0.15, -0.1) is 0 Å². The molecule has 82 valence electrons. The molecule has 1 aliphatic heterocycles. The van der Waals surface area contributed by atoms with Gasteiger partial charge in [0.1, 0.15) is 4.83 Å². The van der Waals surface area contributed by atoms with Crippen LogP contribution in [-0.4, -0.2) is 33.7 Å². The first-order valence-corrected chi connectivity index (χ1v) is 4.44. The Morgan fingerprint density at radius 2 is 2.07 bits per heavy atom. The van der Waals surface area contributed by atoms with Crippen LogP contribution in [0.4, 0.5) is 13.2 Å². The summed E-state index contributed by atoms with van der Waals surface area (Å²) in [6, 6.07) is 0. The highest BCUT2D eigenvalue weighted by Gasteiger charge is 2.43. The molecule has 8 heteroatoms. The number of carbonyl (C=O) groups is 2. The molecule has 1 amide bonds. The van der Waals surface area contributed by atoms with Crippen LogP contribution in [0.3, 0.4) is 0 Å². The van der Waals surface area contributed by atoms with Crippen LogP contribution in [-0.2, 0) is 9.59 Å². The lowest BCUT2D eigenvalue weighted by Gasteiger charge is -2.15. The van der Waals surface area contributed by atoms with Crippen LogP contribution in [0.1, 0.15) is 0 Å². The first-order valence-electron chi connectivity index (χ1n) is 3.52. The third kappa shape index (κ3) is 2.44. The number of aliphatic imine (C=N–C) groups is 1. The third-order valence-corrected chi connectivity index (χ3v) is 2.18. The van der Waals surface area contributed by atoms with Crippen LogP contribution in [0.25, 0.3) is 0 Å². The summed E-state index contributed by atoms with van der Waals surface area (Å²) in [4.78, 5) is 22.9. The molecule has 1 heterocycles. The normalized spacial score (nSPS) is 22.1. The number of hydrogen-bond acceptors (Lipinski definition) is 2. The fourth-order valence-electron chi connectivity index (χ4n) is 0.917. The topological polar surface area (TPSA) is 66.7 Å². The number of nitrogens with zero attached hydrogens (tertiary/aromatic N) is 1. The van der Waals surface area contributed by atoms with Gasteiger partial charge >= 0.3 is 12.1 Å².